The summed E-state index contributed by atoms with van der Waals surface area (Å²) in [7, 11) is 1.71. The summed E-state index contributed by atoms with van der Waals surface area (Å²) in [4.78, 5) is 17.6. The van der Waals surface area contributed by atoms with E-state index in [1.54, 1.807) is 13.3 Å². The first-order chi connectivity index (χ1) is 4.86. The van der Waals surface area contributed by atoms with Gasteiger partial charge in [-0.15, -0.1) is 0 Å². The number of nitrogens with one attached hydrogen (secondary N) is 1. The maximum atomic E-state index is 10.0. The quantitative estimate of drug-likeness (QED) is 0.620. The molecule has 0 aromatic carbocycles. The topological polar surface area (TPSA) is 54.9 Å². The molecule has 0 atom stereocenters. The zero-order valence-electron chi connectivity index (χ0n) is 5.46. The minimum atomic E-state index is 0.215. The fraction of sp³-hybridized carbons (Fsp3) is 0.167. The van der Waals surface area contributed by atoms with E-state index in [0.29, 0.717) is 5.82 Å². The molecule has 1 radical (unpaired) electrons. The van der Waals surface area contributed by atoms with Gasteiger partial charge >= 0.3 is 0 Å². The molecule has 1 aromatic heterocycles. The van der Waals surface area contributed by atoms with E-state index in [1.165, 1.54) is 12.4 Å². The Hall–Kier alpha value is -1.45. The van der Waals surface area contributed by atoms with Crippen LogP contribution in [0.2, 0.25) is 0 Å². The third kappa shape index (κ3) is 1.28. The average Bonchev–Trinajstić information content (AvgIpc) is 2.05. The van der Waals surface area contributed by atoms with Crippen molar-refractivity contribution in [2.45, 2.75) is 0 Å². The molecule has 4 heteroatoms. The molecule has 0 amide bonds. The highest BCUT2D eigenvalue weighted by Crippen LogP contribution is 1.97. The standard InChI is InChI=1S/C6H6N3O/c1-7-6-3-8-2-5(4-10)9-6/h2-3H,1H3,(H,7,9). The third-order valence-electron chi connectivity index (χ3n) is 0.995. The van der Waals surface area contributed by atoms with Crippen molar-refractivity contribution in [1.29, 1.82) is 0 Å². The predicted molar refractivity (Wildman–Crippen MR) is 36.4 cm³/mol. The fourth-order valence-corrected chi connectivity index (χ4v) is 0.536. The molecule has 1 N–H and O–H groups in total. The molecule has 0 bridgehead atoms. The lowest BCUT2D eigenvalue weighted by Crippen LogP contribution is -1.96. The van der Waals surface area contributed by atoms with Crippen LogP contribution in [-0.4, -0.2) is 23.3 Å². The minimum Gasteiger partial charge on any atom is -0.372 e. The van der Waals surface area contributed by atoms with E-state index in [0.717, 1.165) is 0 Å². The highest BCUT2D eigenvalue weighted by atomic mass is 16.1. The molecule has 0 saturated heterocycles. The van der Waals surface area contributed by atoms with Gasteiger partial charge in [0.05, 0.1) is 12.4 Å². The summed E-state index contributed by atoms with van der Waals surface area (Å²) in [5.74, 6) is 0.570. The van der Waals surface area contributed by atoms with Crippen molar-refractivity contribution in [2.24, 2.45) is 0 Å². The molecular weight excluding hydrogens is 130 g/mol. The number of hydrogen-bond acceptors (Lipinski definition) is 4. The second kappa shape index (κ2) is 2.91. The average molecular weight is 136 g/mol. The van der Waals surface area contributed by atoms with Gasteiger partial charge in [-0.2, -0.15) is 0 Å². The maximum Gasteiger partial charge on any atom is 0.255 e. The Morgan fingerprint density at radius 3 is 3.00 bits per heavy atom. The molecule has 1 heterocycles. The van der Waals surface area contributed by atoms with Gasteiger partial charge in [0.1, 0.15) is 11.5 Å². The van der Waals surface area contributed by atoms with Gasteiger partial charge in [0.2, 0.25) is 0 Å². The van der Waals surface area contributed by atoms with Crippen molar-refractivity contribution in [1.82, 2.24) is 9.97 Å². The van der Waals surface area contributed by atoms with Crippen molar-refractivity contribution in [3.8, 4) is 0 Å². The van der Waals surface area contributed by atoms with Crippen LogP contribution in [0.3, 0.4) is 0 Å². The molecule has 0 saturated carbocycles. The summed E-state index contributed by atoms with van der Waals surface area (Å²) in [5, 5.41) is 2.75. The van der Waals surface area contributed by atoms with E-state index in [2.05, 4.69) is 15.3 Å². The lowest BCUT2D eigenvalue weighted by atomic mass is 10.5. The zero-order chi connectivity index (χ0) is 7.40. The van der Waals surface area contributed by atoms with Crippen LogP contribution in [0.4, 0.5) is 5.82 Å². The van der Waals surface area contributed by atoms with Gasteiger partial charge in [-0.1, -0.05) is 0 Å². The van der Waals surface area contributed by atoms with E-state index >= 15 is 0 Å². The van der Waals surface area contributed by atoms with Gasteiger partial charge in [0.25, 0.3) is 6.29 Å². The van der Waals surface area contributed by atoms with Gasteiger partial charge in [-0.25, -0.2) is 4.98 Å². The summed E-state index contributed by atoms with van der Waals surface area (Å²) >= 11 is 0. The van der Waals surface area contributed by atoms with Crippen LogP contribution < -0.4 is 5.32 Å². The smallest absolute Gasteiger partial charge is 0.255 e. The SMILES string of the molecule is CNc1cncc([C]=O)n1. The molecule has 0 fully saturated rings. The lowest BCUT2D eigenvalue weighted by molar-refractivity contribution is 0.561. The monoisotopic (exact) mass is 136 g/mol. The van der Waals surface area contributed by atoms with Crippen molar-refractivity contribution < 1.29 is 4.79 Å². The zero-order valence-corrected chi connectivity index (χ0v) is 5.46. The Labute approximate surface area is 58.3 Å². The van der Waals surface area contributed by atoms with Gasteiger partial charge < -0.3 is 5.32 Å². The van der Waals surface area contributed by atoms with E-state index in [1.807, 2.05) is 0 Å². The predicted octanol–water partition coefficient (Wildman–Crippen LogP) is -0.0239. The molecule has 4 nitrogen and oxygen atoms in total. The van der Waals surface area contributed by atoms with Gasteiger partial charge in [0.15, 0.2) is 0 Å². The molecule has 0 aliphatic rings. The molecule has 51 valence electrons. The highest BCUT2D eigenvalue weighted by molar-refractivity contribution is 5.72. The van der Waals surface area contributed by atoms with Crippen LogP contribution in [0.15, 0.2) is 12.4 Å². The van der Waals surface area contributed by atoms with Crippen molar-refractivity contribution >= 4 is 12.1 Å². The maximum absolute atomic E-state index is 10.0. The molecule has 1 rings (SSSR count). The first-order valence-corrected chi connectivity index (χ1v) is 2.75. The van der Waals surface area contributed by atoms with Crippen LogP contribution in [0.1, 0.15) is 5.69 Å². The van der Waals surface area contributed by atoms with E-state index < -0.39 is 0 Å². The van der Waals surface area contributed by atoms with Crippen molar-refractivity contribution in [3.05, 3.63) is 18.1 Å². The molecule has 0 unspecified atom stereocenters. The second-order valence-electron chi connectivity index (χ2n) is 1.64. The Kier molecular flexibility index (Phi) is 1.94. The van der Waals surface area contributed by atoms with E-state index in [-0.39, 0.29) is 5.69 Å². The summed E-state index contributed by atoms with van der Waals surface area (Å²) in [6, 6.07) is 0. The van der Waals surface area contributed by atoms with Gasteiger partial charge in [-0.3, -0.25) is 9.78 Å². The van der Waals surface area contributed by atoms with Gasteiger partial charge in [0, 0.05) is 7.05 Å². The van der Waals surface area contributed by atoms with Crippen LogP contribution in [-0.2, 0) is 4.79 Å². The van der Waals surface area contributed by atoms with Crippen LogP contribution in [0, 0.1) is 0 Å². The summed E-state index contributed by atoms with van der Waals surface area (Å²) in [6.07, 6.45) is 4.52. The fourth-order valence-electron chi connectivity index (χ4n) is 0.536. The number of carbonyl (C=O) groups excluding carboxylic acids is 1. The normalized spacial score (nSPS) is 8.90. The van der Waals surface area contributed by atoms with Crippen molar-refractivity contribution in [3.63, 3.8) is 0 Å². The third-order valence-corrected chi connectivity index (χ3v) is 0.995. The summed E-state index contributed by atoms with van der Waals surface area (Å²) in [6.45, 7) is 0. The first kappa shape index (κ1) is 6.67. The number of aromatic nitrogens is 2. The molecule has 0 aliphatic carbocycles. The lowest BCUT2D eigenvalue weighted by Gasteiger charge is -1.95. The van der Waals surface area contributed by atoms with Gasteiger partial charge in [-0.05, 0) is 0 Å². The van der Waals surface area contributed by atoms with Crippen molar-refractivity contribution in [2.75, 3.05) is 12.4 Å². The molecule has 0 aliphatic heterocycles. The van der Waals surface area contributed by atoms with E-state index in [9.17, 15) is 4.79 Å². The molecule has 10 heavy (non-hydrogen) atoms. The number of rotatable bonds is 2. The minimum absolute atomic E-state index is 0.215. The number of hydrogen-bond donors (Lipinski definition) is 1. The molecular formula is C6H6N3O. The largest absolute Gasteiger partial charge is 0.372 e. The summed E-state index contributed by atoms with van der Waals surface area (Å²) in [5.41, 5.74) is 0.215. The Morgan fingerprint density at radius 2 is 2.40 bits per heavy atom. The number of anilines is 1. The van der Waals surface area contributed by atoms with Crippen LogP contribution in [0.5, 0.6) is 0 Å². The number of nitrogens with zero attached hydrogens (tertiary/aromatic N) is 2. The van der Waals surface area contributed by atoms with E-state index in [4.69, 9.17) is 0 Å². The van der Waals surface area contributed by atoms with Crippen LogP contribution >= 0.6 is 0 Å². The Bertz CT molecular complexity index is 236. The highest BCUT2D eigenvalue weighted by Gasteiger charge is 1.93. The molecule has 1 aromatic rings. The Morgan fingerprint density at radius 1 is 1.60 bits per heavy atom. The first-order valence-electron chi connectivity index (χ1n) is 2.75. The summed E-state index contributed by atoms with van der Waals surface area (Å²) < 4.78 is 0. The van der Waals surface area contributed by atoms with Crippen LogP contribution in [0.25, 0.3) is 0 Å². The second-order valence-corrected chi connectivity index (χ2v) is 1.64. The molecule has 0 spiro atoms. The Balaban J connectivity index is 2.98.